The lowest BCUT2D eigenvalue weighted by Crippen LogP contribution is -2.58. The highest BCUT2D eigenvalue weighted by Gasteiger charge is 2.54. The topological polar surface area (TPSA) is 108 Å². The lowest BCUT2D eigenvalue weighted by molar-refractivity contribution is -0.0209. The number of allylic oxidation sites excluding steroid dienone is 2. The van der Waals surface area contributed by atoms with Crippen molar-refractivity contribution >= 4 is 11.3 Å². The van der Waals surface area contributed by atoms with E-state index in [-0.39, 0.29) is 0 Å². The highest BCUT2D eigenvalue weighted by atomic mass is 32.1. The van der Waals surface area contributed by atoms with E-state index in [0.717, 1.165) is 120 Å². The maximum absolute atomic E-state index is 5.45. The number of ether oxygens (including phenoxy) is 2. The fourth-order valence-corrected chi connectivity index (χ4v) is 21.5. The zero-order chi connectivity index (χ0) is 48.3. The maximum Gasteiger partial charge on any atom is 0.173 e. The molecule has 3 aromatic rings. The van der Waals surface area contributed by atoms with Crippen molar-refractivity contribution in [2.24, 2.45) is 71.0 Å². The predicted molar refractivity (Wildman–Crippen MR) is 288 cm³/mol. The minimum Gasteiger partial charge on any atom is -0.497 e. The molecule has 3 heterocycles. The molecule has 20 rings (SSSR count). The summed E-state index contributed by atoms with van der Waals surface area (Å²) in [7, 11) is 3.54. The van der Waals surface area contributed by atoms with Gasteiger partial charge in [0.25, 0.3) is 0 Å². The number of nitrogens with one attached hydrogen (secondary N) is 5. The van der Waals surface area contributed by atoms with Crippen LogP contribution in [0.1, 0.15) is 177 Å². The van der Waals surface area contributed by atoms with Crippen molar-refractivity contribution in [3.63, 3.8) is 0 Å². The van der Waals surface area contributed by atoms with Gasteiger partial charge in [0.05, 0.1) is 19.9 Å². The summed E-state index contributed by atoms with van der Waals surface area (Å²) in [5, 5.41) is 20.6. The first-order valence-corrected chi connectivity index (χ1v) is 30.5. The summed E-state index contributed by atoms with van der Waals surface area (Å²) in [5.74, 6) is 13.4. The van der Waals surface area contributed by atoms with E-state index in [2.05, 4.69) is 67.8 Å². The molecule has 17 aliphatic rings. The Morgan fingerprint density at radius 3 is 1.33 bits per heavy atom. The summed E-state index contributed by atoms with van der Waals surface area (Å²) in [6, 6.07) is 10.5. The summed E-state index contributed by atoms with van der Waals surface area (Å²) < 4.78 is 15.6. The third-order valence-electron chi connectivity index (χ3n) is 22.0. The van der Waals surface area contributed by atoms with Crippen molar-refractivity contribution in [2.75, 3.05) is 20.8 Å². The average molecular weight is 1000 g/mol. The quantitative estimate of drug-likeness (QED) is 0.109. The predicted octanol–water partition coefficient (Wildman–Crippen LogP) is 13.0. The smallest absolute Gasteiger partial charge is 0.173 e. The SMILES string of the molecule is COC1=C(CNC23CC4CC(CC(C4)C2)C3)CC=C1.COc1ccc(CNC23CC4CC(CC(C4)C2)C3)s1.c1c[nH]c(CNC23CC4CC(CC(C4)C2)C3)c1.c1cc(CNC23CC4CC(CC(C4)C2)C3)no1. The molecule has 9 nitrogen and oxygen atoms in total. The van der Waals surface area contributed by atoms with Gasteiger partial charge in [0.1, 0.15) is 12.0 Å². The lowest BCUT2D eigenvalue weighted by atomic mass is 9.53. The zero-order valence-electron chi connectivity index (χ0n) is 44.2. The number of H-pyrrole nitrogens is 1. The van der Waals surface area contributed by atoms with Gasteiger partial charge in [-0.3, -0.25) is 0 Å². The van der Waals surface area contributed by atoms with Crippen LogP contribution in [-0.2, 0) is 24.4 Å². The molecule has 5 N–H and O–H groups in total. The minimum atomic E-state index is 0.438. The highest BCUT2D eigenvalue weighted by molar-refractivity contribution is 7.13. The third-order valence-corrected chi connectivity index (χ3v) is 23.0. The summed E-state index contributed by atoms with van der Waals surface area (Å²) in [6.45, 7) is 3.96. The molecule has 0 saturated heterocycles. The van der Waals surface area contributed by atoms with Crippen molar-refractivity contribution in [3.8, 4) is 5.06 Å². The van der Waals surface area contributed by atoms with Crippen LogP contribution in [0.5, 0.6) is 5.06 Å². The molecule has 16 fully saturated rings. The first-order chi connectivity index (χ1) is 35.1. The number of aromatic nitrogens is 2. The van der Waals surface area contributed by atoms with Crippen molar-refractivity contribution in [3.05, 3.63) is 82.5 Å². The molecule has 0 aromatic carbocycles. The Hall–Kier alpha value is -2.89. The Labute approximate surface area is 436 Å². The minimum absolute atomic E-state index is 0.438. The number of nitrogens with zero attached hydrogens (tertiary/aromatic N) is 1. The molecule has 17 aliphatic carbocycles. The van der Waals surface area contributed by atoms with Crippen LogP contribution >= 0.6 is 11.3 Å². The number of thiophene rings is 1. The first kappa shape index (κ1) is 48.7. The summed E-state index contributed by atoms with van der Waals surface area (Å²) in [5.41, 5.74) is 5.71. The van der Waals surface area contributed by atoms with Gasteiger partial charge in [-0.15, -0.1) is 11.3 Å². The second-order valence-corrected chi connectivity index (χ2v) is 28.7. The van der Waals surface area contributed by atoms with E-state index in [1.54, 1.807) is 31.8 Å². The number of hydrogen-bond acceptors (Lipinski definition) is 9. The number of methoxy groups -OCH3 is 2. The van der Waals surface area contributed by atoms with Crippen LogP contribution in [0.2, 0.25) is 0 Å². The summed E-state index contributed by atoms with van der Waals surface area (Å²) in [6.07, 6.45) is 44.5. The molecule has 392 valence electrons. The van der Waals surface area contributed by atoms with E-state index >= 15 is 0 Å². The van der Waals surface area contributed by atoms with E-state index in [0.29, 0.717) is 22.2 Å². The molecule has 10 heteroatoms. The summed E-state index contributed by atoms with van der Waals surface area (Å²) >= 11 is 1.78. The van der Waals surface area contributed by atoms with Gasteiger partial charge in [-0.2, -0.15) is 0 Å². The molecule has 3 aromatic heterocycles. The molecular formula is C62H90N6O3S. The van der Waals surface area contributed by atoms with Crippen LogP contribution in [-0.4, -0.2) is 53.1 Å². The third kappa shape index (κ3) is 10.6. The monoisotopic (exact) mass is 999 g/mol. The van der Waals surface area contributed by atoms with E-state index in [1.807, 2.05) is 12.3 Å². The van der Waals surface area contributed by atoms with Crippen molar-refractivity contribution in [1.29, 1.82) is 0 Å². The number of aromatic amines is 1. The van der Waals surface area contributed by atoms with Crippen molar-refractivity contribution in [1.82, 2.24) is 31.4 Å². The van der Waals surface area contributed by atoms with E-state index in [9.17, 15) is 0 Å². The molecule has 0 aliphatic heterocycles. The van der Waals surface area contributed by atoms with E-state index in [4.69, 9.17) is 14.0 Å². The van der Waals surface area contributed by atoms with E-state index in [1.165, 1.54) is 170 Å². The van der Waals surface area contributed by atoms with Gasteiger partial charge < -0.3 is 40.2 Å². The Morgan fingerprint density at radius 1 is 0.528 bits per heavy atom. The Bertz CT molecular complexity index is 2130. The highest BCUT2D eigenvalue weighted by Crippen LogP contribution is 2.59. The second kappa shape index (κ2) is 20.2. The molecule has 0 atom stereocenters. The van der Waals surface area contributed by atoms with Crippen LogP contribution in [0.25, 0.3) is 0 Å². The molecule has 0 spiro atoms. The molecule has 0 radical (unpaired) electrons. The van der Waals surface area contributed by atoms with Crippen LogP contribution < -0.4 is 26.0 Å². The van der Waals surface area contributed by atoms with Crippen molar-refractivity contribution in [2.45, 2.75) is 202 Å². The Morgan fingerprint density at radius 2 is 0.958 bits per heavy atom. The van der Waals surface area contributed by atoms with E-state index < -0.39 is 0 Å². The number of hydrogen-bond donors (Lipinski definition) is 5. The average Bonchev–Trinajstić information content (AvgIpc) is 4.21. The first-order valence-electron chi connectivity index (χ1n) is 29.7. The molecule has 0 amide bonds. The van der Waals surface area contributed by atoms with Crippen LogP contribution in [0, 0.1) is 71.0 Å². The molecule has 0 unspecified atom stereocenters. The van der Waals surface area contributed by atoms with Gasteiger partial charge in [0, 0.05) is 71.2 Å². The van der Waals surface area contributed by atoms with Crippen LogP contribution in [0.3, 0.4) is 0 Å². The van der Waals surface area contributed by atoms with Crippen LogP contribution in [0.4, 0.5) is 0 Å². The fraction of sp³-hybridized carbons (Fsp3) is 0.758. The standard InChI is InChI=1S/C17H25NO.C16H23NOS.C15H22N2.C14H20N2O/c1-19-16-4-2-3-15(16)11-18-17-8-12-5-13(9-17)7-14(6-12)10-17;1-18-15-3-2-14(19-15)10-17-16-7-11-4-12(8-16)6-13(5-11)9-16;1-2-14(16-3-1)10-17-15-7-11-4-12(8-15)6-13(5-11)9-15;1-2-17-16-13(1)9-15-14-6-10-3-11(7-14)5-12(4-10)8-14/h2,4,12-14,18H,3,5-11H2,1H3;2-3,11-13,17H,4-10H2,1H3;1-3,11-13,16-17H,4-10H2;1-2,10-12,15H,3-9H2. The van der Waals surface area contributed by atoms with Gasteiger partial charge >= 0.3 is 0 Å². The van der Waals surface area contributed by atoms with Crippen molar-refractivity contribution < 1.29 is 14.0 Å². The lowest BCUT2D eigenvalue weighted by Gasteiger charge is -2.57. The normalized spacial score (nSPS) is 42.3. The fourth-order valence-electron chi connectivity index (χ4n) is 20.7. The Kier molecular flexibility index (Phi) is 13.7. The Balaban J connectivity index is 0.0000000934. The van der Waals surface area contributed by atoms with Gasteiger partial charge in [0.15, 0.2) is 5.06 Å². The molecule has 16 bridgehead atoms. The maximum atomic E-state index is 5.45. The second-order valence-electron chi connectivity index (χ2n) is 27.6. The number of rotatable bonds is 14. The van der Waals surface area contributed by atoms with Gasteiger partial charge in [-0.25, -0.2) is 0 Å². The molecule has 72 heavy (non-hydrogen) atoms. The van der Waals surface area contributed by atoms with Crippen LogP contribution in [0.15, 0.2) is 70.8 Å². The molecular weight excluding hydrogens is 909 g/mol. The van der Waals surface area contributed by atoms with Gasteiger partial charge in [-0.1, -0.05) is 11.2 Å². The van der Waals surface area contributed by atoms with Gasteiger partial charge in [0.2, 0.25) is 0 Å². The van der Waals surface area contributed by atoms with Gasteiger partial charge in [-0.05, 0) is 267 Å². The zero-order valence-corrected chi connectivity index (χ0v) is 45.0. The summed E-state index contributed by atoms with van der Waals surface area (Å²) in [4.78, 5) is 4.72. The largest absolute Gasteiger partial charge is 0.497 e. The molecule has 16 saturated carbocycles.